The third-order valence-corrected chi connectivity index (χ3v) is 2.42. The van der Waals surface area contributed by atoms with Gasteiger partial charge in [0.25, 0.3) is 6.43 Å². The van der Waals surface area contributed by atoms with Crippen molar-refractivity contribution in [1.29, 1.82) is 0 Å². The first-order valence-corrected chi connectivity index (χ1v) is 5.53. The maximum absolute atomic E-state index is 12.6. The van der Waals surface area contributed by atoms with Gasteiger partial charge in [-0.3, -0.25) is 4.98 Å². The summed E-state index contributed by atoms with van der Waals surface area (Å²) in [5.41, 5.74) is 0.802. The number of aromatic nitrogens is 1. The van der Waals surface area contributed by atoms with Crippen LogP contribution in [-0.4, -0.2) is 24.0 Å². The van der Waals surface area contributed by atoms with Gasteiger partial charge < -0.3 is 5.32 Å². The van der Waals surface area contributed by atoms with Crippen LogP contribution < -0.4 is 5.32 Å². The lowest BCUT2D eigenvalue weighted by Gasteiger charge is -2.16. The van der Waals surface area contributed by atoms with Crippen LogP contribution in [-0.2, 0) is 6.42 Å². The van der Waals surface area contributed by atoms with E-state index in [0.29, 0.717) is 6.54 Å². The Kier molecular flexibility index (Phi) is 5.11. The number of halogens is 3. The maximum Gasteiger partial charge on any atom is 0.254 e. The van der Waals surface area contributed by atoms with Crippen LogP contribution in [0.2, 0.25) is 0 Å². The molecule has 0 saturated heterocycles. The Morgan fingerprint density at radius 1 is 1.47 bits per heavy atom. The zero-order chi connectivity index (χ0) is 11.3. The van der Waals surface area contributed by atoms with Gasteiger partial charge in [-0.25, -0.2) is 8.78 Å². The molecule has 0 aromatic carbocycles. The number of nitrogens with zero attached hydrogens (tertiary/aromatic N) is 1. The van der Waals surface area contributed by atoms with Crippen LogP contribution in [0.25, 0.3) is 0 Å². The molecule has 1 atom stereocenters. The molecule has 1 aromatic heterocycles. The summed E-state index contributed by atoms with van der Waals surface area (Å²) in [6.07, 6.45) is 1.17. The van der Waals surface area contributed by atoms with Crippen molar-refractivity contribution in [2.45, 2.75) is 25.8 Å². The molecule has 0 aliphatic rings. The van der Waals surface area contributed by atoms with Gasteiger partial charge in [0.1, 0.15) is 0 Å². The van der Waals surface area contributed by atoms with Gasteiger partial charge in [0.2, 0.25) is 0 Å². The first kappa shape index (κ1) is 12.5. The average Bonchev–Trinajstić information content (AvgIpc) is 2.17. The van der Waals surface area contributed by atoms with Gasteiger partial charge in [-0.05, 0) is 40.5 Å². The van der Waals surface area contributed by atoms with E-state index in [9.17, 15) is 8.78 Å². The number of rotatable bonds is 5. The van der Waals surface area contributed by atoms with E-state index in [4.69, 9.17) is 0 Å². The van der Waals surface area contributed by atoms with Crippen LogP contribution >= 0.6 is 15.9 Å². The Morgan fingerprint density at radius 2 is 2.20 bits per heavy atom. The SMILES string of the molecule is CCNC(Cc1cncc(Br)c1)C(F)F. The molecule has 2 nitrogen and oxygen atoms in total. The maximum atomic E-state index is 12.6. The van der Waals surface area contributed by atoms with Gasteiger partial charge >= 0.3 is 0 Å². The van der Waals surface area contributed by atoms with Crippen molar-refractivity contribution in [3.8, 4) is 0 Å². The molecular formula is C10H13BrF2N2. The minimum Gasteiger partial charge on any atom is -0.309 e. The molecule has 1 heterocycles. The predicted molar refractivity (Wildman–Crippen MR) is 59.1 cm³/mol. The fourth-order valence-electron chi connectivity index (χ4n) is 1.33. The molecule has 0 fully saturated rings. The van der Waals surface area contributed by atoms with Gasteiger partial charge in [-0.2, -0.15) is 0 Å². The Balaban J connectivity index is 2.65. The van der Waals surface area contributed by atoms with Crippen LogP contribution in [0.5, 0.6) is 0 Å². The molecule has 1 rings (SSSR count). The smallest absolute Gasteiger partial charge is 0.254 e. The van der Waals surface area contributed by atoms with E-state index < -0.39 is 12.5 Å². The molecular weight excluding hydrogens is 266 g/mol. The largest absolute Gasteiger partial charge is 0.309 e. The number of nitrogens with one attached hydrogen (secondary N) is 1. The first-order chi connectivity index (χ1) is 7.13. The van der Waals surface area contributed by atoms with Gasteiger partial charge in [-0.15, -0.1) is 0 Å². The summed E-state index contributed by atoms with van der Waals surface area (Å²) in [4.78, 5) is 3.94. The summed E-state index contributed by atoms with van der Waals surface area (Å²) in [6.45, 7) is 2.35. The number of hydrogen-bond acceptors (Lipinski definition) is 2. The normalized spacial score (nSPS) is 13.1. The fourth-order valence-corrected chi connectivity index (χ4v) is 1.75. The molecule has 0 bridgehead atoms. The van der Waals surface area contributed by atoms with E-state index >= 15 is 0 Å². The van der Waals surface area contributed by atoms with Crippen molar-refractivity contribution in [1.82, 2.24) is 10.3 Å². The monoisotopic (exact) mass is 278 g/mol. The van der Waals surface area contributed by atoms with Gasteiger partial charge in [0.15, 0.2) is 0 Å². The third-order valence-electron chi connectivity index (χ3n) is 1.99. The van der Waals surface area contributed by atoms with Gasteiger partial charge in [0, 0.05) is 16.9 Å². The third kappa shape index (κ3) is 4.22. The summed E-state index contributed by atoms with van der Waals surface area (Å²) in [5, 5.41) is 2.76. The summed E-state index contributed by atoms with van der Waals surface area (Å²) in [5.74, 6) is 0. The van der Waals surface area contributed by atoms with Crippen molar-refractivity contribution in [2.75, 3.05) is 6.54 Å². The number of pyridine rings is 1. The highest BCUT2D eigenvalue weighted by molar-refractivity contribution is 9.10. The van der Waals surface area contributed by atoms with Gasteiger partial charge in [-0.1, -0.05) is 6.92 Å². The molecule has 0 aliphatic carbocycles. The van der Waals surface area contributed by atoms with Crippen molar-refractivity contribution in [3.05, 3.63) is 28.5 Å². The average molecular weight is 279 g/mol. The molecule has 0 spiro atoms. The Labute approximate surface area is 96.2 Å². The van der Waals surface area contributed by atoms with Crippen LogP contribution in [0.4, 0.5) is 8.78 Å². The van der Waals surface area contributed by atoms with Crippen molar-refractivity contribution in [2.24, 2.45) is 0 Å². The molecule has 1 aromatic rings. The fraction of sp³-hybridized carbons (Fsp3) is 0.500. The molecule has 0 radical (unpaired) electrons. The highest BCUT2D eigenvalue weighted by Crippen LogP contribution is 2.13. The Morgan fingerprint density at radius 3 is 2.73 bits per heavy atom. The first-order valence-electron chi connectivity index (χ1n) is 4.74. The second-order valence-electron chi connectivity index (χ2n) is 3.21. The lowest BCUT2D eigenvalue weighted by molar-refractivity contribution is 0.0990. The molecule has 84 valence electrons. The van der Waals surface area contributed by atoms with E-state index in [1.807, 2.05) is 6.92 Å². The van der Waals surface area contributed by atoms with E-state index in [-0.39, 0.29) is 6.42 Å². The quantitative estimate of drug-likeness (QED) is 0.896. The topological polar surface area (TPSA) is 24.9 Å². The van der Waals surface area contributed by atoms with Crippen LogP contribution in [0.15, 0.2) is 22.9 Å². The molecule has 1 N–H and O–H groups in total. The van der Waals surface area contributed by atoms with E-state index in [1.165, 1.54) is 0 Å². The van der Waals surface area contributed by atoms with Crippen molar-refractivity contribution in [3.63, 3.8) is 0 Å². The summed E-state index contributed by atoms with van der Waals surface area (Å²) in [7, 11) is 0. The molecule has 0 amide bonds. The minimum absolute atomic E-state index is 0.290. The predicted octanol–water partition coefficient (Wildman–Crippen LogP) is 2.63. The highest BCUT2D eigenvalue weighted by atomic mass is 79.9. The van der Waals surface area contributed by atoms with Crippen LogP contribution in [0.1, 0.15) is 12.5 Å². The molecule has 1 unspecified atom stereocenters. The van der Waals surface area contributed by atoms with Gasteiger partial charge in [0.05, 0.1) is 6.04 Å². The highest BCUT2D eigenvalue weighted by Gasteiger charge is 2.19. The number of likely N-dealkylation sites (N-methyl/N-ethyl adjacent to an activating group) is 1. The zero-order valence-electron chi connectivity index (χ0n) is 8.38. The molecule has 0 saturated carbocycles. The van der Waals surface area contributed by atoms with E-state index in [0.717, 1.165) is 10.0 Å². The molecule has 15 heavy (non-hydrogen) atoms. The second-order valence-corrected chi connectivity index (χ2v) is 4.13. The summed E-state index contributed by atoms with van der Waals surface area (Å²) >= 11 is 3.26. The minimum atomic E-state index is -2.36. The zero-order valence-corrected chi connectivity index (χ0v) is 9.97. The van der Waals surface area contributed by atoms with Crippen molar-refractivity contribution < 1.29 is 8.78 Å². The van der Waals surface area contributed by atoms with Crippen molar-refractivity contribution >= 4 is 15.9 Å². The second kappa shape index (κ2) is 6.12. The summed E-state index contributed by atoms with van der Waals surface area (Å²) in [6, 6.07) is 1.01. The van der Waals surface area contributed by atoms with E-state index in [2.05, 4.69) is 26.2 Å². The standard InChI is InChI=1S/C10H13BrF2N2/c1-2-15-9(10(12)13)4-7-3-8(11)6-14-5-7/h3,5-6,9-10,15H,2,4H2,1H3. The lowest BCUT2D eigenvalue weighted by atomic mass is 10.1. The molecule has 5 heteroatoms. The molecule has 0 aliphatic heterocycles. The lowest BCUT2D eigenvalue weighted by Crippen LogP contribution is -2.37. The number of hydrogen-bond donors (Lipinski definition) is 1. The Bertz CT molecular complexity index is 307. The Hall–Kier alpha value is -0.550. The number of alkyl halides is 2. The van der Waals surface area contributed by atoms with Crippen LogP contribution in [0.3, 0.4) is 0 Å². The summed E-state index contributed by atoms with van der Waals surface area (Å²) < 4.78 is 26.0. The van der Waals surface area contributed by atoms with Crippen LogP contribution in [0, 0.1) is 0 Å². The van der Waals surface area contributed by atoms with E-state index in [1.54, 1.807) is 18.5 Å².